The normalized spacial score (nSPS) is 11.7. The first-order valence-corrected chi connectivity index (χ1v) is 10.6. The van der Waals surface area contributed by atoms with E-state index in [4.69, 9.17) is 0 Å². The molecule has 4 heteroatoms. The van der Waals surface area contributed by atoms with Crippen LogP contribution in [0.1, 0.15) is 48.9 Å². The van der Waals surface area contributed by atoms with E-state index in [1.54, 1.807) is 4.90 Å². The van der Waals surface area contributed by atoms with Crippen molar-refractivity contribution in [3.8, 4) is 0 Å². The van der Waals surface area contributed by atoms with Crippen molar-refractivity contribution in [3.05, 3.63) is 70.8 Å². The van der Waals surface area contributed by atoms with E-state index in [0.717, 1.165) is 29.5 Å². The molecule has 2 rings (SSSR count). The Balaban J connectivity index is 2.22. The summed E-state index contributed by atoms with van der Waals surface area (Å²) in [5.74, 6) is -0.0511. The van der Waals surface area contributed by atoms with Gasteiger partial charge >= 0.3 is 0 Å². The summed E-state index contributed by atoms with van der Waals surface area (Å²) in [6.07, 6.45) is 2.53. The van der Waals surface area contributed by atoms with E-state index in [0.29, 0.717) is 25.9 Å². The third kappa shape index (κ3) is 6.74. The van der Waals surface area contributed by atoms with Crippen LogP contribution in [0.2, 0.25) is 0 Å². The topological polar surface area (TPSA) is 49.4 Å². The highest BCUT2D eigenvalue weighted by atomic mass is 16.2. The molecule has 0 aliphatic heterocycles. The van der Waals surface area contributed by atoms with Gasteiger partial charge in [0.2, 0.25) is 11.8 Å². The van der Waals surface area contributed by atoms with E-state index >= 15 is 0 Å². The first kappa shape index (κ1) is 22.7. The zero-order chi connectivity index (χ0) is 21.2. The lowest BCUT2D eigenvalue weighted by Crippen LogP contribution is -2.50. The van der Waals surface area contributed by atoms with Crippen LogP contribution in [-0.4, -0.2) is 35.8 Å². The van der Waals surface area contributed by atoms with E-state index in [-0.39, 0.29) is 11.8 Å². The summed E-state index contributed by atoms with van der Waals surface area (Å²) in [5.41, 5.74) is 4.45. The molecule has 29 heavy (non-hydrogen) atoms. The quantitative estimate of drug-likeness (QED) is 0.656. The molecule has 0 saturated carbocycles. The van der Waals surface area contributed by atoms with Gasteiger partial charge in [-0.1, -0.05) is 67.9 Å². The van der Waals surface area contributed by atoms with Crippen LogP contribution >= 0.6 is 0 Å². The summed E-state index contributed by atoms with van der Waals surface area (Å²) in [6, 6.07) is 15.9. The number of carbonyl (C=O) groups excluding carboxylic acids is 2. The standard InChI is InChI=1S/C25H34N2O2/c1-5-15-26-25(29)23(6-2)27(16-14-21-10-8-7-9-11-21)24(28)18-22-17-19(3)12-13-20(22)4/h7-13,17,23H,5-6,14-16,18H2,1-4H3,(H,26,29)/t23-/m1/s1. The second kappa shape index (κ2) is 11.4. The van der Waals surface area contributed by atoms with Gasteiger partial charge in [0.05, 0.1) is 6.42 Å². The summed E-state index contributed by atoms with van der Waals surface area (Å²) < 4.78 is 0. The lowest BCUT2D eigenvalue weighted by atomic mass is 10.0. The third-order valence-electron chi connectivity index (χ3n) is 5.27. The molecule has 0 heterocycles. The number of amides is 2. The Labute approximate surface area is 175 Å². The Bertz CT molecular complexity index is 802. The minimum absolute atomic E-state index is 0.00753. The fourth-order valence-electron chi connectivity index (χ4n) is 3.52. The molecule has 0 saturated heterocycles. The Morgan fingerprint density at radius 1 is 1.03 bits per heavy atom. The van der Waals surface area contributed by atoms with Crippen molar-refractivity contribution in [2.24, 2.45) is 0 Å². The van der Waals surface area contributed by atoms with Gasteiger partial charge in [-0.2, -0.15) is 0 Å². The molecule has 0 bridgehead atoms. The van der Waals surface area contributed by atoms with Gasteiger partial charge in [-0.15, -0.1) is 0 Å². The van der Waals surface area contributed by atoms with E-state index in [9.17, 15) is 9.59 Å². The number of hydrogen-bond donors (Lipinski definition) is 1. The van der Waals surface area contributed by atoms with E-state index in [1.165, 1.54) is 5.56 Å². The summed E-state index contributed by atoms with van der Waals surface area (Å²) in [7, 11) is 0. The number of aryl methyl sites for hydroxylation is 2. The van der Waals surface area contributed by atoms with Crippen LogP contribution in [0.15, 0.2) is 48.5 Å². The van der Waals surface area contributed by atoms with Gasteiger partial charge in [-0.05, 0) is 49.8 Å². The minimum atomic E-state index is -0.442. The molecule has 1 atom stereocenters. The average molecular weight is 395 g/mol. The molecule has 156 valence electrons. The molecule has 1 N–H and O–H groups in total. The van der Waals surface area contributed by atoms with E-state index in [1.807, 2.05) is 45.9 Å². The largest absolute Gasteiger partial charge is 0.354 e. The average Bonchev–Trinajstić information content (AvgIpc) is 2.72. The Morgan fingerprint density at radius 3 is 2.41 bits per heavy atom. The summed E-state index contributed by atoms with van der Waals surface area (Å²) >= 11 is 0. The predicted octanol–water partition coefficient (Wildman–Crippen LogP) is 4.22. The second-order valence-corrected chi connectivity index (χ2v) is 7.64. The summed E-state index contributed by atoms with van der Waals surface area (Å²) in [5, 5.41) is 2.97. The van der Waals surface area contributed by atoms with Crippen LogP contribution in [0.4, 0.5) is 0 Å². The maximum absolute atomic E-state index is 13.3. The molecule has 2 amide bonds. The number of carbonyl (C=O) groups is 2. The van der Waals surface area contributed by atoms with E-state index < -0.39 is 6.04 Å². The van der Waals surface area contributed by atoms with Gasteiger partial charge in [-0.3, -0.25) is 9.59 Å². The van der Waals surface area contributed by atoms with Gasteiger partial charge in [0.25, 0.3) is 0 Å². The van der Waals surface area contributed by atoms with Crippen LogP contribution in [0, 0.1) is 13.8 Å². The zero-order valence-electron chi connectivity index (χ0n) is 18.2. The fourth-order valence-corrected chi connectivity index (χ4v) is 3.52. The molecule has 0 aliphatic carbocycles. The van der Waals surface area contributed by atoms with Crippen LogP contribution in [0.5, 0.6) is 0 Å². The van der Waals surface area contributed by atoms with Gasteiger partial charge in [0.1, 0.15) is 6.04 Å². The van der Waals surface area contributed by atoms with Crippen LogP contribution in [0.3, 0.4) is 0 Å². The SMILES string of the molecule is CCCNC(=O)[C@@H](CC)N(CCc1ccccc1)C(=O)Cc1cc(C)ccc1C. The first-order valence-electron chi connectivity index (χ1n) is 10.6. The Morgan fingerprint density at radius 2 is 1.76 bits per heavy atom. The molecule has 0 fully saturated rings. The van der Waals surface area contributed by atoms with Crippen molar-refractivity contribution in [3.63, 3.8) is 0 Å². The van der Waals surface area contributed by atoms with Crippen molar-refractivity contribution < 1.29 is 9.59 Å². The molecule has 0 spiro atoms. The molecule has 0 unspecified atom stereocenters. The molecule has 0 radical (unpaired) electrons. The summed E-state index contributed by atoms with van der Waals surface area (Å²) in [6.45, 7) is 9.23. The molecule has 4 nitrogen and oxygen atoms in total. The maximum Gasteiger partial charge on any atom is 0.242 e. The number of hydrogen-bond acceptors (Lipinski definition) is 2. The number of nitrogens with one attached hydrogen (secondary N) is 1. The Kier molecular flexibility index (Phi) is 8.91. The van der Waals surface area contributed by atoms with Gasteiger partial charge in [0.15, 0.2) is 0 Å². The predicted molar refractivity (Wildman–Crippen MR) is 119 cm³/mol. The number of nitrogens with zero attached hydrogens (tertiary/aromatic N) is 1. The van der Waals surface area contributed by atoms with Gasteiger partial charge < -0.3 is 10.2 Å². The smallest absolute Gasteiger partial charge is 0.242 e. The van der Waals surface area contributed by atoms with Crippen molar-refractivity contribution in [2.75, 3.05) is 13.1 Å². The second-order valence-electron chi connectivity index (χ2n) is 7.64. The van der Waals surface area contributed by atoms with Gasteiger partial charge in [-0.25, -0.2) is 0 Å². The molecular weight excluding hydrogens is 360 g/mol. The van der Waals surface area contributed by atoms with Crippen molar-refractivity contribution in [2.45, 2.75) is 59.4 Å². The molecule has 0 aromatic heterocycles. The molecular formula is C25H34N2O2. The Hall–Kier alpha value is -2.62. The highest BCUT2D eigenvalue weighted by Gasteiger charge is 2.28. The minimum Gasteiger partial charge on any atom is -0.354 e. The van der Waals surface area contributed by atoms with Crippen molar-refractivity contribution in [1.29, 1.82) is 0 Å². The van der Waals surface area contributed by atoms with Gasteiger partial charge in [0, 0.05) is 13.1 Å². The van der Waals surface area contributed by atoms with Crippen LogP contribution < -0.4 is 5.32 Å². The lowest BCUT2D eigenvalue weighted by molar-refractivity contribution is -0.140. The highest BCUT2D eigenvalue weighted by Crippen LogP contribution is 2.16. The van der Waals surface area contributed by atoms with Crippen molar-refractivity contribution in [1.82, 2.24) is 10.2 Å². The number of benzene rings is 2. The molecule has 0 aliphatic rings. The van der Waals surface area contributed by atoms with E-state index in [2.05, 4.69) is 35.6 Å². The monoisotopic (exact) mass is 394 g/mol. The van der Waals surface area contributed by atoms with Crippen molar-refractivity contribution >= 4 is 11.8 Å². The number of rotatable bonds is 10. The van der Waals surface area contributed by atoms with Crippen LogP contribution in [0.25, 0.3) is 0 Å². The summed E-state index contributed by atoms with van der Waals surface area (Å²) in [4.78, 5) is 27.9. The third-order valence-corrected chi connectivity index (χ3v) is 5.27. The maximum atomic E-state index is 13.3. The zero-order valence-corrected chi connectivity index (χ0v) is 18.2. The molecule has 2 aromatic rings. The fraction of sp³-hybridized carbons (Fsp3) is 0.440. The lowest BCUT2D eigenvalue weighted by Gasteiger charge is -2.31. The highest BCUT2D eigenvalue weighted by molar-refractivity contribution is 5.88. The molecule has 2 aromatic carbocycles. The van der Waals surface area contributed by atoms with Crippen LogP contribution in [-0.2, 0) is 22.4 Å². The first-order chi connectivity index (χ1) is 14.0.